The zero-order valence-corrected chi connectivity index (χ0v) is 13.8. The van der Waals surface area contributed by atoms with Crippen molar-refractivity contribution >= 4 is 38.6 Å². The first kappa shape index (κ1) is 16.5. The number of benzene rings is 1. The zero-order valence-electron chi connectivity index (χ0n) is 12.2. The van der Waals surface area contributed by atoms with Crippen LogP contribution in [0.5, 0.6) is 0 Å². The van der Waals surface area contributed by atoms with E-state index in [1.165, 1.54) is 11.3 Å². The number of hydrogen-bond donors (Lipinski definition) is 2. The van der Waals surface area contributed by atoms with Crippen LogP contribution in [0.4, 0.5) is 11.4 Å². The van der Waals surface area contributed by atoms with Gasteiger partial charge in [-0.05, 0) is 30.0 Å². The van der Waals surface area contributed by atoms with Crippen molar-refractivity contribution in [3.63, 3.8) is 0 Å². The predicted molar refractivity (Wildman–Crippen MR) is 91.0 cm³/mol. The molecule has 5 nitrogen and oxygen atoms in total. The van der Waals surface area contributed by atoms with Gasteiger partial charge < -0.3 is 5.32 Å². The van der Waals surface area contributed by atoms with Crippen LogP contribution in [0.15, 0.2) is 41.8 Å². The Bertz CT molecular complexity index is 724. The Hall–Kier alpha value is -1.86. The van der Waals surface area contributed by atoms with E-state index in [-0.39, 0.29) is 11.7 Å². The molecule has 2 aromatic rings. The highest BCUT2D eigenvalue weighted by atomic mass is 32.2. The van der Waals surface area contributed by atoms with Crippen LogP contribution >= 0.6 is 11.3 Å². The van der Waals surface area contributed by atoms with Gasteiger partial charge in [0, 0.05) is 5.69 Å². The second-order valence-electron chi connectivity index (χ2n) is 4.76. The van der Waals surface area contributed by atoms with Gasteiger partial charge in [0.2, 0.25) is 10.0 Å². The van der Waals surface area contributed by atoms with Crippen LogP contribution in [0.25, 0.3) is 0 Å². The molecule has 1 amide bonds. The second kappa shape index (κ2) is 7.42. The molecular formula is C15H18N2O3S2. The Balaban J connectivity index is 2.10. The Labute approximate surface area is 134 Å². The minimum atomic E-state index is -3.42. The van der Waals surface area contributed by atoms with Gasteiger partial charge in [0.05, 0.1) is 11.4 Å². The van der Waals surface area contributed by atoms with Crippen molar-refractivity contribution < 1.29 is 13.2 Å². The number of amides is 1. The Morgan fingerprint density at radius 2 is 1.91 bits per heavy atom. The summed E-state index contributed by atoms with van der Waals surface area (Å²) in [6.45, 7) is 1.93. The van der Waals surface area contributed by atoms with E-state index < -0.39 is 10.0 Å². The van der Waals surface area contributed by atoms with E-state index in [9.17, 15) is 13.2 Å². The monoisotopic (exact) mass is 338 g/mol. The van der Waals surface area contributed by atoms with Crippen LogP contribution in [-0.4, -0.2) is 20.1 Å². The van der Waals surface area contributed by atoms with Crippen LogP contribution in [0.1, 0.15) is 29.4 Å². The molecule has 1 heterocycles. The third kappa shape index (κ3) is 4.57. The molecule has 0 aliphatic heterocycles. The number of hydrogen-bond acceptors (Lipinski definition) is 4. The lowest BCUT2D eigenvalue weighted by molar-refractivity contribution is 0.103. The maximum atomic E-state index is 12.3. The molecule has 118 valence electrons. The predicted octanol–water partition coefficient (Wildman–Crippen LogP) is 3.54. The first-order chi connectivity index (χ1) is 10.5. The lowest BCUT2D eigenvalue weighted by Gasteiger charge is -2.09. The number of anilines is 2. The van der Waals surface area contributed by atoms with E-state index in [0.717, 1.165) is 6.42 Å². The van der Waals surface area contributed by atoms with Crippen LogP contribution in [-0.2, 0) is 10.0 Å². The molecule has 7 heteroatoms. The summed E-state index contributed by atoms with van der Waals surface area (Å²) in [5, 5.41) is 4.44. The molecule has 0 saturated carbocycles. The van der Waals surface area contributed by atoms with Crippen molar-refractivity contribution in [2.45, 2.75) is 19.8 Å². The van der Waals surface area contributed by atoms with Crippen molar-refractivity contribution in [2.75, 3.05) is 15.8 Å². The molecule has 1 aromatic carbocycles. The summed E-state index contributed by atoms with van der Waals surface area (Å²) in [6, 6.07) is 10.6. The van der Waals surface area contributed by atoms with E-state index in [1.807, 2.05) is 25.1 Å². The Kier molecular flexibility index (Phi) is 5.57. The summed E-state index contributed by atoms with van der Waals surface area (Å²) < 4.78 is 26.4. The van der Waals surface area contributed by atoms with Gasteiger partial charge >= 0.3 is 0 Å². The van der Waals surface area contributed by atoms with E-state index in [4.69, 9.17) is 0 Å². The number of thiophene rings is 1. The third-order valence-electron chi connectivity index (χ3n) is 2.94. The number of nitrogens with one attached hydrogen (secondary N) is 2. The normalized spacial score (nSPS) is 11.1. The summed E-state index contributed by atoms with van der Waals surface area (Å²) in [5.41, 5.74) is 0.996. The average molecular weight is 338 g/mol. The second-order valence-corrected chi connectivity index (χ2v) is 7.52. The maximum absolute atomic E-state index is 12.3. The molecule has 0 aliphatic rings. The minimum Gasteiger partial charge on any atom is -0.321 e. The first-order valence-corrected chi connectivity index (χ1v) is 9.49. The fourth-order valence-electron chi connectivity index (χ4n) is 1.83. The zero-order chi connectivity index (χ0) is 16.0. The molecule has 0 unspecified atom stereocenters. The van der Waals surface area contributed by atoms with Gasteiger partial charge in [-0.15, -0.1) is 11.3 Å². The van der Waals surface area contributed by atoms with Gasteiger partial charge in [-0.1, -0.05) is 31.5 Å². The van der Waals surface area contributed by atoms with E-state index in [1.54, 1.807) is 23.6 Å². The number of rotatable bonds is 7. The van der Waals surface area contributed by atoms with Crippen LogP contribution < -0.4 is 10.0 Å². The van der Waals surface area contributed by atoms with Gasteiger partial charge in [-0.25, -0.2) is 8.42 Å². The van der Waals surface area contributed by atoms with Crippen LogP contribution in [0.3, 0.4) is 0 Å². The number of sulfonamides is 1. The SMILES string of the molecule is CCCCS(=O)(=O)Nc1ccsc1C(=O)Nc1ccccc1. The molecule has 0 atom stereocenters. The molecule has 0 spiro atoms. The van der Waals surface area contributed by atoms with E-state index in [0.29, 0.717) is 22.7 Å². The summed E-state index contributed by atoms with van der Waals surface area (Å²) in [6.07, 6.45) is 1.39. The maximum Gasteiger partial charge on any atom is 0.267 e. The van der Waals surface area contributed by atoms with Gasteiger partial charge in [0.1, 0.15) is 4.88 Å². The van der Waals surface area contributed by atoms with Crippen LogP contribution in [0, 0.1) is 0 Å². The van der Waals surface area contributed by atoms with E-state index >= 15 is 0 Å². The number of unbranched alkanes of at least 4 members (excludes halogenated alkanes) is 1. The average Bonchev–Trinajstić information content (AvgIpc) is 2.93. The first-order valence-electron chi connectivity index (χ1n) is 6.96. The highest BCUT2D eigenvalue weighted by Gasteiger charge is 2.18. The summed E-state index contributed by atoms with van der Waals surface area (Å²) in [7, 11) is -3.42. The van der Waals surface area contributed by atoms with Crippen molar-refractivity contribution in [3.8, 4) is 0 Å². The highest BCUT2D eigenvalue weighted by Crippen LogP contribution is 2.25. The standard InChI is InChI=1S/C15H18N2O3S2/c1-2-3-11-22(19,20)17-13-9-10-21-14(13)15(18)16-12-7-5-4-6-8-12/h4-10,17H,2-3,11H2,1H3,(H,16,18). The summed E-state index contributed by atoms with van der Waals surface area (Å²) >= 11 is 1.20. The van der Waals surface area contributed by atoms with Crippen molar-refractivity contribution in [1.29, 1.82) is 0 Å². The van der Waals surface area contributed by atoms with E-state index in [2.05, 4.69) is 10.0 Å². The van der Waals surface area contributed by atoms with Crippen molar-refractivity contribution in [2.24, 2.45) is 0 Å². The molecule has 0 radical (unpaired) electrons. The van der Waals surface area contributed by atoms with Crippen LogP contribution in [0.2, 0.25) is 0 Å². The molecule has 0 bridgehead atoms. The molecule has 0 aliphatic carbocycles. The summed E-state index contributed by atoms with van der Waals surface area (Å²) in [4.78, 5) is 12.6. The fourth-order valence-corrected chi connectivity index (χ4v) is 3.91. The topological polar surface area (TPSA) is 75.3 Å². The molecular weight excluding hydrogens is 320 g/mol. The van der Waals surface area contributed by atoms with Gasteiger partial charge in [0.15, 0.2) is 0 Å². The highest BCUT2D eigenvalue weighted by molar-refractivity contribution is 7.92. The van der Waals surface area contributed by atoms with Gasteiger partial charge in [-0.3, -0.25) is 9.52 Å². The Morgan fingerprint density at radius 1 is 1.18 bits per heavy atom. The smallest absolute Gasteiger partial charge is 0.267 e. The molecule has 1 aromatic heterocycles. The lowest BCUT2D eigenvalue weighted by Crippen LogP contribution is -2.19. The molecule has 2 N–H and O–H groups in total. The third-order valence-corrected chi connectivity index (χ3v) is 5.21. The number of para-hydroxylation sites is 1. The largest absolute Gasteiger partial charge is 0.321 e. The minimum absolute atomic E-state index is 0.0547. The number of carbonyl (C=O) groups is 1. The lowest BCUT2D eigenvalue weighted by atomic mass is 10.3. The van der Waals surface area contributed by atoms with Gasteiger partial charge in [-0.2, -0.15) is 0 Å². The Morgan fingerprint density at radius 3 is 2.59 bits per heavy atom. The molecule has 2 rings (SSSR count). The molecule has 22 heavy (non-hydrogen) atoms. The summed E-state index contributed by atoms with van der Waals surface area (Å²) in [5.74, 6) is -0.270. The molecule has 0 fully saturated rings. The molecule has 0 saturated heterocycles. The fraction of sp³-hybridized carbons (Fsp3) is 0.267. The quantitative estimate of drug-likeness (QED) is 0.811. The number of carbonyl (C=O) groups excluding carboxylic acids is 1. The van der Waals surface area contributed by atoms with Crippen molar-refractivity contribution in [1.82, 2.24) is 0 Å². The van der Waals surface area contributed by atoms with Crippen molar-refractivity contribution in [3.05, 3.63) is 46.7 Å². The van der Waals surface area contributed by atoms with Gasteiger partial charge in [0.25, 0.3) is 5.91 Å².